The van der Waals surface area contributed by atoms with Crippen molar-refractivity contribution in [2.24, 2.45) is 11.3 Å². The Morgan fingerprint density at radius 1 is 1.39 bits per heavy atom. The van der Waals surface area contributed by atoms with E-state index in [1.165, 1.54) is 17.7 Å². The monoisotopic (exact) mass is 323 g/mol. The number of hydrogen-bond acceptors (Lipinski definition) is 3. The van der Waals surface area contributed by atoms with Gasteiger partial charge in [-0.25, -0.2) is 22.8 Å². The molecule has 0 saturated heterocycles. The summed E-state index contributed by atoms with van der Waals surface area (Å²) >= 11 is 0. The van der Waals surface area contributed by atoms with Crippen LogP contribution in [0.1, 0.15) is 54.8 Å². The van der Waals surface area contributed by atoms with Crippen molar-refractivity contribution in [3.8, 4) is 0 Å². The van der Waals surface area contributed by atoms with Crippen LogP contribution < -0.4 is 0 Å². The first-order chi connectivity index (χ1) is 10.9. The third-order valence-corrected chi connectivity index (χ3v) is 5.02. The molecule has 2 unspecified atom stereocenters. The molecule has 0 aromatic carbocycles. The summed E-state index contributed by atoms with van der Waals surface area (Å²) in [6.07, 6.45) is 2.06. The van der Waals surface area contributed by atoms with E-state index >= 15 is 0 Å². The lowest BCUT2D eigenvalue weighted by atomic mass is 9.74. The summed E-state index contributed by atoms with van der Waals surface area (Å²) in [5, 5.41) is 4.14. The molecule has 4 atom stereocenters. The highest BCUT2D eigenvalue weighted by molar-refractivity contribution is 5.95. The maximum atomic E-state index is 14.4. The minimum atomic E-state index is -1.46. The van der Waals surface area contributed by atoms with E-state index in [0.29, 0.717) is 0 Å². The normalized spacial score (nSPS) is 36.0. The molecule has 1 saturated carbocycles. The largest absolute Gasteiger partial charge is 0.290 e. The second-order valence-corrected chi connectivity index (χ2v) is 6.75. The SMILES string of the molecule is CC1([C@@H]2C[C@H](F)c3nc(C(=O)C4CC4)nn32)C=C(F)C=CC1F. The molecule has 3 aliphatic rings. The predicted molar refractivity (Wildman–Crippen MR) is 75.9 cm³/mol. The Labute approximate surface area is 131 Å². The zero-order valence-corrected chi connectivity index (χ0v) is 12.5. The smallest absolute Gasteiger partial charge is 0.217 e. The van der Waals surface area contributed by atoms with E-state index in [0.717, 1.165) is 25.0 Å². The van der Waals surface area contributed by atoms with Gasteiger partial charge in [0.05, 0.1) is 6.04 Å². The molecule has 4 nitrogen and oxygen atoms in total. The molecule has 2 aliphatic carbocycles. The lowest BCUT2D eigenvalue weighted by Gasteiger charge is -2.36. The number of rotatable bonds is 3. The third kappa shape index (κ3) is 2.16. The maximum Gasteiger partial charge on any atom is 0.217 e. The third-order valence-electron chi connectivity index (χ3n) is 5.02. The summed E-state index contributed by atoms with van der Waals surface area (Å²) in [5.74, 6) is -0.792. The molecule has 0 bridgehead atoms. The lowest BCUT2D eigenvalue weighted by Crippen LogP contribution is -2.36. The predicted octanol–water partition coefficient (Wildman–Crippen LogP) is 3.59. The van der Waals surface area contributed by atoms with Crippen LogP contribution in [0.4, 0.5) is 13.2 Å². The van der Waals surface area contributed by atoms with Crippen LogP contribution in [0.5, 0.6) is 0 Å². The summed E-state index contributed by atoms with van der Waals surface area (Å²) < 4.78 is 43.7. The molecule has 7 heteroatoms. The minimum Gasteiger partial charge on any atom is -0.290 e. The van der Waals surface area contributed by atoms with Crippen molar-refractivity contribution in [3.63, 3.8) is 0 Å². The number of Topliss-reactive ketones (excluding diaryl/α,β-unsaturated/α-hetero) is 1. The number of allylic oxidation sites excluding steroid dienone is 4. The van der Waals surface area contributed by atoms with Crippen molar-refractivity contribution in [2.45, 2.75) is 44.6 Å². The van der Waals surface area contributed by atoms with Crippen LogP contribution in [-0.2, 0) is 0 Å². The molecular weight excluding hydrogens is 307 g/mol. The summed E-state index contributed by atoms with van der Waals surface area (Å²) in [7, 11) is 0. The average molecular weight is 323 g/mol. The number of halogens is 3. The van der Waals surface area contributed by atoms with Crippen molar-refractivity contribution < 1.29 is 18.0 Å². The van der Waals surface area contributed by atoms with Crippen LogP contribution in [0.15, 0.2) is 24.1 Å². The van der Waals surface area contributed by atoms with Crippen LogP contribution in [0, 0.1) is 11.3 Å². The topological polar surface area (TPSA) is 47.8 Å². The second-order valence-electron chi connectivity index (χ2n) is 6.75. The van der Waals surface area contributed by atoms with Crippen molar-refractivity contribution in [2.75, 3.05) is 0 Å². The highest BCUT2D eigenvalue weighted by atomic mass is 19.1. The van der Waals surface area contributed by atoms with Crippen LogP contribution in [0.3, 0.4) is 0 Å². The average Bonchev–Trinajstić information content (AvgIpc) is 3.18. The fourth-order valence-electron chi connectivity index (χ4n) is 3.42. The van der Waals surface area contributed by atoms with Crippen molar-refractivity contribution >= 4 is 5.78 Å². The number of alkyl halides is 2. The Morgan fingerprint density at radius 2 is 2.13 bits per heavy atom. The first kappa shape index (κ1) is 14.7. The van der Waals surface area contributed by atoms with Crippen molar-refractivity contribution in [1.29, 1.82) is 0 Å². The molecule has 0 radical (unpaired) electrons. The number of carbonyl (C=O) groups excluding carboxylic acids is 1. The fourth-order valence-corrected chi connectivity index (χ4v) is 3.42. The van der Waals surface area contributed by atoms with Gasteiger partial charge < -0.3 is 0 Å². The zero-order valence-electron chi connectivity index (χ0n) is 12.5. The second kappa shape index (κ2) is 4.79. The number of fused-ring (bicyclic) bond motifs is 1. The zero-order chi connectivity index (χ0) is 16.4. The van der Waals surface area contributed by atoms with Gasteiger partial charge in [0, 0.05) is 17.8 Å². The van der Waals surface area contributed by atoms with Gasteiger partial charge in [-0.2, -0.15) is 0 Å². The molecule has 1 aromatic heterocycles. The van der Waals surface area contributed by atoms with Crippen LogP contribution in [0.2, 0.25) is 0 Å². The molecule has 0 spiro atoms. The molecule has 1 aliphatic heterocycles. The molecule has 0 amide bonds. The van der Waals surface area contributed by atoms with Gasteiger partial charge in [0.25, 0.3) is 0 Å². The Balaban J connectivity index is 1.73. The first-order valence-corrected chi connectivity index (χ1v) is 7.75. The standard InChI is InChI=1S/C16H16F3N3O/c1-16(7-9(17)4-5-11(16)19)12-6-10(18)15-20-14(21-22(12)15)13(23)8-2-3-8/h4-5,7-8,10-12H,2-3,6H2,1H3/t10-,11?,12-,16?/m0/s1. The van der Waals surface area contributed by atoms with Crippen molar-refractivity contribution in [3.05, 3.63) is 35.7 Å². The summed E-state index contributed by atoms with van der Waals surface area (Å²) in [6.45, 7) is 1.54. The maximum absolute atomic E-state index is 14.4. The lowest BCUT2D eigenvalue weighted by molar-refractivity contribution is 0.0951. The Kier molecular flexibility index (Phi) is 3.05. The molecule has 4 rings (SSSR count). The van der Waals surface area contributed by atoms with Gasteiger partial charge >= 0.3 is 0 Å². The van der Waals surface area contributed by atoms with E-state index in [2.05, 4.69) is 10.1 Å². The number of carbonyl (C=O) groups is 1. The highest BCUT2D eigenvalue weighted by Crippen LogP contribution is 2.50. The van der Waals surface area contributed by atoms with E-state index in [1.54, 1.807) is 0 Å². The van der Waals surface area contributed by atoms with Gasteiger partial charge in [0.15, 0.2) is 12.0 Å². The van der Waals surface area contributed by atoms with Gasteiger partial charge in [-0.1, -0.05) is 6.92 Å². The van der Waals surface area contributed by atoms with Crippen LogP contribution >= 0.6 is 0 Å². The highest BCUT2D eigenvalue weighted by Gasteiger charge is 2.49. The Bertz CT molecular complexity index is 737. The molecule has 1 aromatic rings. The summed E-state index contributed by atoms with van der Waals surface area (Å²) in [6, 6.07) is -0.716. The van der Waals surface area contributed by atoms with E-state index in [4.69, 9.17) is 0 Å². The molecule has 23 heavy (non-hydrogen) atoms. The fraction of sp³-hybridized carbons (Fsp3) is 0.562. The Morgan fingerprint density at radius 3 is 2.83 bits per heavy atom. The van der Waals surface area contributed by atoms with E-state index in [9.17, 15) is 18.0 Å². The first-order valence-electron chi connectivity index (χ1n) is 7.75. The van der Waals surface area contributed by atoms with Gasteiger partial charge in [-0.05, 0) is 31.1 Å². The van der Waals surface area contributed by atoms with Crippen LogP contribution in [0.25, 0.3) is 0 Å². The van der Waals surface area contributed by atoms with Gasteiger partial charge in [0.1, 0.15) is 12.0 Å². The quantitative estimate of drug-likeness (QED) is 0.799. The van der Waals surface area contributed by atoms with Gasteiger partial charge in [-0.15, -0.1) is 5.10 Å². The Hall–Kier alpha value is -1.92. The number of nitrogens with zero attached hydrogens (tertiary/aromatic N) is 3. The summed E-state index contributed by atoms with van der Waals surface area (Å²) in [4.78, 5) is 16.1. The molecule has 2 heterocycles. The van der Waals surface area contributed by atoms with E-state index < -0.39 is 29.6 Å². The number of aromatic nitrogens is 3. The number of ketones is 1. The van der Waals surface area contributed by atoms with Crippen LogP contribution in [-0.4, -0.2) is 26.7 Å². The summed E-state index contributed by atoms with van der Waals surface area (Å²) in [5.41, 5.74) is -1.26. The number of hydrogen-bond donors (Lipinski definition) is 0. The van der Waals surface area contributed by atoms with Gasteiger partial charge in [0.2, 0.25) is 11.6 Å². The molecule has 0 N–H and O–H groups in total. The molecule has 1 fully saturated rings. The van der Waals surface area contributed by atoms with Crippen molar-refractivity contribution in [1.82, 2.24) is 14.8 Å². The van der Waals surface area contributed by atoms with E-state index in [1.807, 2.05) is 0 Å². The van der Waals surface area contributed by atoms with E-state index in [-0.39, 0.29) is 29.8 Å². The minimum absolute atomic E-state index is 0.00957. The van der Waals surface area contributed by atoms with Gasteiger partial charge in [-0.3, -0.25) is 4.79 Å². The molecular formula is C16H16F3N3O. The molecule has 122 valence electrons.